The largest absolute Gasteiger partial charge is 0.377 e. The first-order valence-electron chi connectivity index (χ1n) is 5.18. The van der Waals surface area contributed by atoms with Crippen molar-refractivity contribution in [3.8, 4) is 0 Å². The van der Waals surface area contributed by atoms with Crippen molar-refractivity contribution < 1.29 is 4.79 Å². The van der Waals surface area contributed by atoms with E-state index in [2.05, 4.69) is 21.0 Å². The van der Waals surface area contributed by atoms with Crippen LogP contribution in [0.3, 0.4) is 0 Å². The van der Waals surface area contributed by atoms with E-state index in [1.807, 2.05) is 24.3 Å². The van der Waals surface area contributed by atoms with Crippen LogP contribution in [0.4, 0.5) is 0 Å². The molecule has 0 saturated carbocycles. The number of carbonyl (C=O) groups is 1. The molecule has 0 spiro atoms. The highest BCUT2D eigenvalue weighted by molar-refractivity contribution is 9.10. The highest BCUT2D eigenvalue weighted by Crippen LogP contribution is 2.17. The molecule has 0 unspecified atom stereocenters. The molecular formula is C11H15BrN4OS. The van der Waals surface area contributed by atoms with E-state index in [1.165, 1.54) is 0 Å². The SMILES string of the molecule is CN(Cc1ccccc1Br)C(=O)CSC(N)=NN. The van der Waals surface area contributed by atoms with Crippen molar-refractivity contribution in [1.29, 1.82) is 0 Å². The zero-order valence-electron chi connectivity index (χ0n) is 9.97. The quantitative estimate of drug-likeness (QED) is 0.377. The summed E-state index contributed by atoms with van der Waals surface area (Å²) in [5.74, 6) is 5.19. The van der Waals surface area contributed by atoms with E-state index in [9.17, 15) is 4.79 Å². The van der Waals surface area contributed by atoms with Crippen LogP contribution in [-0.4, -0.2) is 28.8 Å². The van der Waals surface area contributed by atoms with Crippen molar-refractivity contribution in [2.45, 2.75) is 6.54 Å². The van der Waals surface area contributed by atoms with Gasteiger partial charge in [-0.1, -0.05) is 45.9 Å². The molecule has 1 aromatic rings. The molecule has 0 aliphatic heterocycles. The summed E-state index contributed by atoms with van der Waals surface area (Å²) in [6, 6.07) is 7.79. The predicted octanol–water partition coefficient (Wildman–Crippen LogP) is 1.33. The number of hydrazone groups is 1. The summed E-state index contributed by atoms with van der Waals surface area (Å²) in [6.45, 7) is 0.542. The van der Waals surface area contributed by atoms with E-state index in [-0.39, 0.29) is 16.8 Å². The second-order valence-electron chi connectivity index (χ2n) is 3.60. The zero-order chi connectivity index (χ0) is 13.5. The number of hydrogen-bond donors (Lipinski definition) is 2. The van der Waals surface area contributed by atoms with Crippen molar-refractivity contribution >= 4 is 38.8 Å². The zero-order valence-corrected chi connectivity index (χ0v) is 12.4. The fourth-order valence-corrected chi connectivity index (χ4v) is 2.23. The van der Waals surface area contributed by atoms with Gasteiger partial charge in [0.15, 0.2) is 5.17 Å². The van der Waals surface area contributed by atoms with Gasteiger partial charge < -0.3 is 16.5 Å². The van der Waals surface area contributed by atoms with Gasteiger partial charge in [-0.15, -0.1) is 0 Å². The third-order valence-corrected chi connectivity index (χ3v) is 3.83. The molecular weight excluding hydrogens is 316 g/mol. The lowest BCUT2D eigenvalue weighted by Gasteiger charge is -2.17. The van der Waals surface area contributed by atoms with Gasteiger partial charge >= 0.3 is 0 Å². The van der Waals surface area contributed by atoms with Crippen LogP contribution in [0.2, 0.25) is 0 Å². The average Bonchev–Trinajstić information content (AvgIpc) is 2.38. The molecule has 98 valence electrons. The average molecular weight is 331 g/mol. The van der Waals surface area contributed by atoms with E-state index < -0.39 is 0 Å². The van der Waals surface area contributed by atoms with Crippen LogP contribution in [0.15, 0.2) is 33.8 Å². The van der Waals surface area contributed by atoms with Gasteiger partial charge in [-0.05, 0) is 11.6 Å². The minimum absolute atomic E-state index is 0.0256. The number of rotatable bonds is 4. The molecule has 0 atom stereocenters. The predicted molar refractivity (Wildman–Crippen MR) is 78.9 cm³/mol. The number of amides is 1. The Kier molecular flexibility index (Phi) is 6.00. The lowest BCUT2D eigenvalue weighted by atomic mass is 10.2. The molecule has 0 saturated heterocycles. The van der Waals surface area contributed by atoms with E-state index in [1.54, 1.807) is 11.9 Å². The van der Waals surface area contributed by atoms with Crippen LogP contribution in [0.25, 0.3) is 0 Å². The highest BCUT2D eigenvalue weighted by Gasteiger charge is 2.11. The van der Waals surface area contributed by atoms with E-state index in [4.69, 9.17) is 11.6 Å². The number of nitrogens with two attached hydrogens (primary N) is 2. The monoisotopic (exact) mass is 330 g/mol. The van der Waals surface area contributed by atoms with Crippen LogP contribution in [-0.2, 0) is 11.3 Å². The van der Waals surface area contributed by atoms with Crippen molar-refractivity contribution in [1.82, 2.24) is 4.90 Å². The minimum Gasteiger partial charge on any atom is -0.377 e. The number of halogens is 1. The third-order valence-electron chi connectivity index (χ3n) is 2.26. The van der Waals surface area contributed by atoms with Gasteiger partial charge in [-0.25, -0.2) is 0 Å². The molecule has 1 amide bonds. The Morgan fingerprint density at radius 3 is 2.78 bits per heavy atom. The van der Waals surface area contributed by atoms with Gasteiger partial charge in [0.2, 0.25) is 5.91 Å². The number of hydrogen-bond acceptors (Lipinski definition) is 4. The second kappa shape index (κ2) is 7.27. The van der Waals surface area contributed by atoms with Crippen molar-refractivity contribution in [2.75, 3.05) is 12.8 Å². The van der Waals surface area contributed by atoms with Crippen molar-refractivity contribution in [3.63, 3.8) is 0 Å². The number of nitrogens with zero attached hydrogens (tertiary/aromatic N) is 2. The van der Waals surface area contributed by atoms with Crippen LogP contribution in [0.1, 0.15) is 5.56 Å². The van der Waals surface area contributed by atoms with Crippen LogP contribution < -0.4 is 11.6 Å². The Bertz CT molecular complexity index is 452. The number of thioether (sulfide) groups is 1. The molecule has 0 bridgehead atoms. The molecule has 5 nitrogen and oxygen atoms in total. The maximum absolute atomic E-state index is 11.8. The maximum Gasteiger partial charge on any atom is 0.233 e. The standard InChI is InChI=1S/C11H15BrN4OS/c1-16(10(17)7-18-11(13)15-14)6-8-4-2-3-5-9(8)12/h2-5H,6-7,14H2,1H3,(H2,13,15). The molecule has 7 heteroatoms. The molecule has 0 aliphatic carbocycles. The normalized spacial score (nSPS) is 11.3. The number of carbonyl (C=O) groups excluding carboxylic acids is 1. The Morgan fingerprint density at radius 2 is 2.17 bits per heavy atom. The Hall–Kier alpha value is -1.21. The summed E-state index contributed by atoms with van der Waals surface area (Å²) in [6.07, 6.45) is 0. The number of benzene rings is 1. The summed E-state index contributed by atoms with van der Waals surface area (Å²) >= 11 is 4.58. The molecule has 1 aromatic carbocycles. The summed E-state index contributed by atoms with van der Waals surface area (Å²) in [5, 5.41) is 3.50. The summed E-state index contributed by atoms with van der Waals surface area (Å²) < 4.78 is 0.986. The summed E-state index contributed by atoms with van der Waals surface area (Å²) in [4.78, 5) is 13.5. The third kappa shape index (κ3) is 4.58. The molecule has 0 aromatic heterocycles. The van der Waals surface area contributed by atoms with Gasteiger partial charge in [0.1, 0.15) is 0 Å². The molecule has 0 fully saturated rings. The maximum atomic E-state index is 11.8. The van der Waals surface area contributed by atoms with E-state index >= 15 is 0 Å². The fourth-order valence-electron chi connectivity index (χ4n) is 1.25. The lowest BCUT2D eigenvalue weighted by Crippen LogP contribution is -2.29. The lowest BCUT2D eigenvalue weighted by molar-refractivity contribution is -0.127. The molecule has 18 heavy (non-hydrogen) atoms. The Labute approximate surface area is 119 Å². The van der Waals surface area contributed by atoms with E-state index in [0.717, 1.165) is 21.8 Å². The van der Waals surface area contributed by atoms with Gasteiger partial charge in [0.25, 0.3) is 0 Å². The Morgan fingerprint density at radius 1 is 1.50 bits per heavy atom. The highest BCUT2D eigenvalue weighted by atomic mass is 79.9. The topological polar surface area (TPSA) is 84.7 Å². The van der Waals surface area contributed by atoms with E-state index in [0.29, 0.717) is 6.54 Å². The molecule has 0 heterocycles. The second-order valence-corrected chi connectivity index (χ2v) is 5.45. The smallest absolute Gasteiger partial charge is 0.233 e. The summed E-state index contributed by atoms with van der Waals surface area (Å²) in [7, 11) is 1.75. The first-order valence-corrected chi connectivity index (χ1v) is 6.96. The van der Waals surface area contributed by atoms with Gasteiger partial charge in [0, 0.05) is 18.1 Å². The van der Waals surface area contributed by atoms with Gasteiger partial charge in [0.05, 0.1) is 5.75 Å². The molecule has 0 radical (unpaired) electrons. The molecule has 4 N–H and O–H groups in total. The Balaban J connectivity index is 2.53. The van der Waals surface area contributed by atoms with Crippen LogP contribution in [0, 0.1) is 0 Å². The molecule has 1 rings (SSSR count). The van der Waals surface area contributed by atoms with Crippen molar-refractivity contribution in [3.05, 3.63) is 34.3 Å². The van der Waals surface area contributed by atoms with Crippen LogP contribution >= 0.6 is 27.7 Å². The van der Waals surface area contributed by atoms with Gasteiger partial charge in [-0.3, -0.25) is 4.79 Å². The molecule has 0 aliphatic rings. The van der Waals surface area contributed by atoms with Crippen LogP contribution in [0.5, 0.6) is 0 Å². The summed E-state index contributed by atoms with van der Waals surface area (Å²) in [5.41, 5.74) is 6.46. The first kappa shape index (κ1) is 14.8. The number of amidine groups is 1. The van der Waals surface area contributed by atoms with Gasteiger partial charge in [-0.2, -0.15) is 5.10 Å². The van der Waals surface area contributed by atoms with Crippen molar-refractivity contribution in [2.24, 2.45) is 16.7 Å². The fraction of sp³-hybridized carbons (Fsp3) is 0.273. The minimum atomic E-state index is -0.0256. The first-order chi connectivity index (χ1) is 8.54.